The number of benzene rings is 1. The van der Waals surface area contributed by atoms with E-state index in [0.29, 0.717) is 6.42 Å². The summed E-state index contributed by atoms with van der Waals surface area (Å²) in [6, 6.07) is 7.86. The molecule has 0 fully saturated rings. The molecule has 1 rings (SSSR count). The van der Waals surface area contributed by atoms with Gasteiger partial charge in [0.2, 0.25) is 5.91 Å². The highest BCUT2D eigenvalue weighted by Gasteiger charge is 2.16. The van der Waals surface area contributed by atoms with Gasteiger partial charge in [0.15, 0.2) is 0 Å². The molecular formula is C16H23NO3. The Balaban J connectivity index is 2.57. The van der Waals surface area contributed by atoms with Crippen molar-refractivity contribution in [3.63, 3.8) is 0 Å². The van der Waals surface area contributed by atoms with Crippen LogP contribution in [0.3, 0.4) is 0 Å². The molecule has 0 spiro atoms. The average Bonchev–Trinajstić information content (AvgIpc) is 2.36. The van der Waals surface area contributed by atoms with Gasteiger partial charge in [-0.25, -0.2) is 0 Å². The number of carboxylic acids is 1. The molecule has 0 aromatic heterocycles. The number of rotatable bonds is 7. The highest BCUT2D eigenvalue weighted by molar-refractivity contribution is 5.78. The summed E-state index contributed by atoms with van der Waals surface area (Å²) in [4.78, 5) is 22.5. The fraction of sp³-hybridized carbons (Fsp3) is 0.500. The van der Waals surface area contributed by atoms with E-state index in [2.05, 4.69) is 24.4 Å². The number of hydrogen-bond acceptors (Lipinski definition) is 2. The SMILES string of the molecule is CCC(CC(=O)NC(C)CC(=O)O)c1ccc(C)cc1. The van der Waals surface area contributed by atoms with E-state index >= 15 is 0 Å². The lowest BCUT2D eigenvalue weighted by Crippen LogP contribution is -2.34. The van der Waals surface area contributed by atoms with Crippen molar-refractivity contribution in [2.75, 3.05) is 0 Å². The number of nitrogens with one attached hydrogen (secondary N) is 1. The summed E-state index contributed by atoms with van der Waals surface area (Å²) < 4.78 is 0. The standard InChI is InChI=1S/C16H23NO3/c1-4-13(14-7-5-11(2)6-8-14)10-15(18)17-12(3)9-16(19)20/h5-8,12-13H,4,9-10H2,1-3H3,(H,17,18)(H,19,20). The first-order valence-corrected chi connectivity index (χ1v) is 7.00. The van der Waals surface area contributed by atoms with Crippen molar-refractivity contribution >= 4 is 11.9 Å². The summed E-state index contributed by atoms with van der Waals surface area (Å²) >= 11 is 0. The van der Waals surface area contributed by atoms with Crippen LogP contribution in [0.5, 0.6) is 0 Å². The summed E-state index contributed by atoms with van der Waals surface area (Å²) in [5.74, 6) is -0.817. The predicted octanol–water partition coefficient (Wildman–Crippen LogP) is 2.86. The number of carbonyl (C=O) groups excluding carboxylic acids is 1. The quantitative estimate of drug-likeness (QED) is 0.805. The van der Waals surface area contributed by atoms with E-state index < -0.39 is 5.97 Å². The number of aryl methyl sites for hydroxylation is 1. The van der Waals surface area contributed by atoms with Crippen molar-refractivity contribution in [3.05, 3.63) is 35.4 Å². The van der Waals surface area contributed by atoms with Crippen LogP contribution >= 0.6 is 0 Å². The van der Waals surface area contributed by atoms with Gasteiger partial charge in [-0.15, -0.1) is 0 Å². The molecular weight excluding hydrogens is 254 g/mol. The fourth-order valence-electron chi connectivity index (χ4n) is 2.21. The Morgan fingerprint density at radius 1 is 1.20 bits per heavy atom. The Labute approximate surface area is 120 Å². The van der Waals surface area contributed by atoms with Gasteiger partial charge in [-0.3, -0.25) is 9.59 Å². The Morgan fingerprint density at radius 2 is 1.80 bits per heavy atom. The molecule has 0 bridgehead atoms. The highest BCUT2D eigenvalue weighted by Crippen LogP contribution is 2.23. The zero-order valence-electron chi connectivity index (χ0n) is 12.3. The number of carboxylic acid groups (broad SMARTS) is 1. The molecule has 1 amide bonds. The lowest BCUT2D eigenvalue weighted by molar-refractivity contribution is -0.137. The second-order valence-corrected chi connectivity index (χ2v) is 5.29. The van der Waals surface area contributed by atoms with Gasteiger partial charge in [-0.1, -0.05) is 36.8 Å². The van der Waals surface area contributed by atoms with Gasteiger partial charge < -0.3 is 10.4 Å². The summed E-state index contributed by atoms with van der Waals surface area (Å²) in [7, 11) is 0. The van der Waals surface area contributed by atoms with Crippen molar-refractivity contribution in [2.24, 2.45) is 0 Å². The Kier molecular flexibility index (Phi) is 6.22. The number of amides is 1. The van der Waals surface area contributed by atoms with E-state index in [4.69, 9.17) is 5.11 Å². The molecule has 0 aliphatic rings. The van der Waals surface area contributed by atoms with Crippen LogP contribution in [0.1, 0.15) is 50.2 Å². The molecule has 0 saturated carbocycles. The van der Waals surface area contributed by atoms with E-state index in [0.717, 1.165) is 12.0 Å². The van der Waals surface area contributed by atoms with E-state index in [1.807, 2.05) is 19.1 Å². The molecule has 0 aliphatic carbocycles. The van der Waals surface area contributed by atoms with E-state index in [-0.39, 0.29) is 24.3 Å². The number of carbonyl (C=O) groups is 2. The van der Waals surface area contributed by atoms with Crippen molar-refractivity contribution in [1.82, 2.24) is 5.32 Å². The Bertz CT molecular complexity index is 453. The first-order valence-electron chi connectivity index (χ1n) is 7.00. The van der Waals surface area contributed by atoms with Crippen LogP contribution < -0.4 is 5.32 Å². The van der Waals surface area contributed by atoms with E-state index in [1.165, 1.54) is 5.56 Å². The zero-order chi connectivity index (χ0) is 15.1. The van der Waals surface area contributed by atoms with Crippen molar-refractivity contribution in [3.8, 4) is 0 Å². The van der Waals surface area contributed by atoms with Gasteiger partial charge in [0.25, 0.3) is 0 Å². The average molecular weight is 277 g/mol. The van der Waals surface area contributed by atoms with Crippen LogP contribution in [0, 0.1) is 6.92 Å². The second kappa shape index (κ2) is 7.68. The molecule has 20 heavy (non-hydrogen) atoms. The van der Waals surface area contributed by atoms with Crippen LogP contribution in [0.2, 0.25) is 0 Å². The molecule has 0 radical (unpaired) electrons. The monoisotopic (exact) mass is 277 g/mol. The third-order valence-electron chi connectivity index (χ3n) is 3.36. The summed E-state index contributed by atoms with van der Waals surface area (Å²) in [5.41, 5.74) is 2.35. The van der Waals surface area contributed by atoms with Gasteiger partial charge in [-0.2, -0.15) is 0 Å². The van der Waals surface area contributed by atoms with Crippen molar-refractivity contribution < 1.29 is 14.7 Å². The van der Waals surface area contributed by atoms with Crippen LogP contribution in [0.4, 0.5) is 0 Å². The number of hydrogen-bond donors (Lipinski definition) is 2. The summed E-state index contributed by atoms with van der Waals surface area (Å²) in [5, 5.41) is 11.4. The maximum atomic E-state index is 11.9. The first kappa shape index (κ1) is 16.2. The molecule has 0 heterocycles. The molecule has 4 nitrogen and oxygen atoms in total. The maximum absolute atomic E-state index is 11.9. The van der Waals surface area contributed by atoms with Gasteiger partial charge in [-0.05, 0) is 31.7 Å². The van der Waals surface area contributed by atoms with Crippen molar-refractivity contribution in [1.29, 1.82) is 0 Å². The molecule has 110 valence electrons. The van der Waals surface area contributed by atoms with Crippen LogP contribution in [-0.4, -0.2) is 23.0 Å². The molecule has 0 aliphatic heterocycles. The largest absolute Gasteiger partial charge is 0.481 e. The molecule has 2 unspecified atom stereocenters. The highest BCUT2D eigenvalue weighted by atomic mass is 16.4. The summed E-state index contributed by atoms with van der Waals surface area (Å²) in [6.45, 7) is 5.79. The van der Waals surface area contributed by atoms with Gasteiger partial charge in [0.1, 0.15) is 0 Å². The lowest BCUT2D eigenvalue weighted by Gasteiger charge is -2.17. The summed E-state index contributed by atoms with van der Waals surface area (Å²) in [6.07, 6.45) is 1.22. The van der Waals surface area contributed by atoms with E-state index in [9.17, 15) is 9.59 Å². The van der Waals surface area contributed by atoms with Crippen LogP contribution in [-0.2, 0) is 9.59 Å². The third kappa shape index (κ3) is 5.43. The normalized spacial score (nSPS) is 13.6. The number of aliphatic carboxylic acids is 1. The molecule has 2 atom stereocenters. The third-order valence-corrected chi connectivity index (χ3v) is 3.36. The molecule has 2 N–H and O–H groups in total. The smallest absolute Gasteiger partial charge is 0.305 e. The van der Waals surface area contributed by atoms with Crippen molar-refractivity contribution in [2.45, 2.75) is 52.0 Å². The molecule has 0 saturated heterocycles. The van der Waals surface area contributed by atoms with Crippen LogP contribution in [0.15, 0.2) is 24.3 Å². The lowest BCUT2D eigenvalue weighted by atomic mass is 9.92. The maximum Gasteiger partial charge on any atom is 0.305 e. The van der Waals surface area contributed by atoms with Gasteiger partial charge >= 0.3 is 5.97 Å². The zero-order valence-corrected chi connectivity index (χ0v) is 12.3. The van der Waals surface area contributed by atoms with Gasteiger partial charge in [0, 0.05) is 12.5 Å². The van der Waals surface area contributed by atoms with Gasteiger partial charge in [0.05, 0.1) is 6.42 Å². The Hall–Kier alpha value is -1.84. The molecule has 1 aromatic carbocycles. The predicted molar refractivity (Wildman–Crippen MR) is 78.7 cm³/mol. The minimum Gasteiger partial charge on any atom is -0.481 e. The topological polar surface area (TPSA) is 66.4 Å². The molecule has 4 heteroatoms. The minimum absolute atomic E-state index is 0.0485. The fourth-order valence-corrected chi connectivity index (χ4v) is 2.21. The first-order chi connectivity index (χ1) is 9.42. The molecule has 1 aromatic rings. The van der Waals surface area contributed by atoms with Crippen LogP contribution in [0.25, 0.3) is 0 Å². The Morgan fingerprint density at radius 3 is 2.30 bits per heavy atom. The second-order valence-electron chi connectivity index (χ2n) is 5.29. The van der Waals surface area contributed by atoms with E-state index in [1.54, 1.807) is 6.92 Å². The minimum atomic E-state index is -0.900.